The first-order valence-corrected chi connectivity index (χ1v) is 6.06. The summed E-state index contributed by atoms with van der Waals surface area (Å²) >= 11 is 0. The molecule has 0 aliphatic heterocycles. The molecule has 0 aliphatic rings. The van der Waals surface area contributed by atoms with Crippen LogP contribution in [0, 0.1) is 6.92 Å². The van der Waals surface area contributed by atoms with Gasteiger partial charge in [0, 0.05) is 37.0 Å². The number of aromatic nitrogens is 2. The zero-order valence-corrected chi connectivity index (χ0v) is 11.0. The first kappa shape index (κ1) is 12.6. The predicted octanol–water partition coefficient (Wildman–Crippen LogP) is 2.28. The van der Waals surface area contributed by atoms with Gasteiger partial charge in [-0.2, -0.15) is 5.10 Å². The van der Waals surface area contributed by atoms with Crippen molar-refractivity contribution in [2.24, 2.45) is 7.05 Å². The molecule has 0 spiro atoms. The number of nitrogens with zero attached hydrogens (tertiary/aromatic N) is 2. The Kier molecular flexibility index (Phi) is 3.67. The Balaban J connectivity index is 2.01. The van der Waals surface area contributed by atoms with E-state index in [1.807, 2.05) is 45.4 Å². The molecular formula is C14H19N3O. The van der Waals surface area contributed by atoms with E-state index in [0.717, 1.165) is 23.2 Å². The molecule has 0 saturated heterocycles. The maximum Gasteiger partial charge on any atom is 0.120 e. The van der Waals surface area contributed by atoms with Crippen molar-refractivity contribution in [3.8, 4) is 5.75 Å². The van der Waals surface area contributed by atoms with Gasteiger partial charge in [0.1, 0.15) is 5.75 Å². The number of rotatable bonds is 4. The molecule has 0 fully saturated rings. The predicted molar refractivity (Wildman–Crippen MR) is 71.3 cm³/mol. The Bertz CT molecular complexity index is 534. The third-order valence-corrected chi connectivity index (χ3v) is 3.02. The molecule has 1 aromatic carbocycles. The van der Waals surface area contributed by atoms with Crippen molar-refractivity contribution in [3.63, 3.8) is 0 Å². The maximum absolute atomic E-state index is 9.91. The normalized spacial score (nSPS) is 12.6. The third-order valence-electron chi connectivity index (χ3n) is 3.02. The van der Waals surface area contributed by atoms with E-state index in [1.165, 1.54) is 0 Å². The Morgan fingerprint density at radius 2 is 2.22 bits per heavy atom. The summed E-state index contributed by atoms with van der Waals surface area (Å²) in [6, 6.07) is 5.87. The Labute approximate surface area is 107 Å². The van der Waals surface area contributed by atoms with Gasteiger partial charge < -0.3 is 10.4 Å². The molecular weight excluding hydrogens is 226 g/mol. The van der Waals surface area contributed by atoms with Crippen molar-refractivity contribution in [1.82, 2.24) is 15.1 Å². The second-order valence-corrected chi connectivity index (χ2v) is 4.69. The average molecular weight is 245 g/mol. The highest BCUT2D eigenvalue weighted by molar-refractivity contribution is 5.37. The van der Waals surface area contributed by atoms with E-state index in [-0.39, 0.29) is 6.04 Å². The largest absolute Gasteiger partial charge is 0.508 e. The monoisotopic (exact) mass is 245 g/mol. The fourth-order valence-electron chi connectivity index (χ4n) is 1.96. The van der Waals surface area contributed by atoms with Crippen molar-refractivity contribution in [2.45, 2.75) is 26.4 Å². The number of phenolic OH excluding ortho intramolecular Hbond substituents is 1. The van der Waals surface area contributed by atoms with Crippen LogP contribution in [0.25, 0.3) is 0 Å². The zero-order valence-electron chi connectivity index (χ0n) is 11.0. The summed E-state index contributed by atoms with van der Waals surface area (Å²) in [5, 5.41) is 17.4. The van der Waals surface area contributed by atoms with Crippen molar-refractivity contribution < 1.29 is 5.11 Å². The van der Waals surface area contributed by atoms with Gasteiger partial charge in [-0.05, 0) is 25.5 Å². The van der Waals surface area contributed by atoms with Gasteiger partial charge in [-0.3, -0.25) is 4.68 Å². The molecule has 0 saturated carbocycles. The van der Waals surface area contributed by atoms with Crippen molar-refractivity contribution >= 4 is 0 Å². The van der Waals surface area contributed by atoms with E-state index in [9.17, 15) is 5.11 Å². The van der Waals surface area contributed by atoms with Gasteiger partial charge in [-0.1, -0.05) is 12.1 Å². The highest BCUT2D eigenvalue weighted by Gasteiger charge is 2.10. The highest BCUT2D eigenvalue weighted by Crippen LogP contribution is 2.25. The van der Waals surface area contributed by atoms with E-state index in [0.29, 0.717) is 5.75 Å². The molecule has 2 rings (SSSR count). The highest BCUT2D eigenvalue weighted by atomic mass is 16.3. The van der Waals surface area contributed by atoms with Crippen LogP contribution in [-0.4, -0.2) is 14.9 Å². The molecule has 0 aliphatic carbocycles. The van der Waals surface area contributed by atoms with Crippen LogP contribution < -0.4 is 5.32 Å². The van der Waals surface area contributed by atoms with Crippen molar-refractivity contribution in [1.29, 1.82) is 0 Å². The molecule has 1 aromatic heterocycles. The molecule has 0 amide bonds. The summed E-state index contributed by atoms with van der Waals surface area (Å²) in [6.45, 7) is 4.75. The maximum atomic E-state index is 9.91. The van der Waals surface area contributed by atoms with Gasteiger partial charge in [-0.15, -0.1) is 0 Å². The van der Waals surface area contributed by atoms with E-state index in [2.05, 4.69) is 10.4 Å². The summed E-state index contributed by atoms with van der Waals surface area (Å²) in [6.07, 6.45) is 3.82. The van der Waals surface area contributed by atoms with Crippen LogP contribution in [0.4, 0.5) is 0 Å². The number of phenols is 1. The third kappa shape index (κ3) is 2.90. The first-order valence-electron chi connectivity index (χ1n) is 6.06. The summed E-state index contributed by atoms with van der Waals surface area (Å²) in [5.41, 5.74) is 3.12. The van der Waals surface area contributed by atoms with Crippen molar-refractivity contribution in [3.05, 3.63) is 47.3 Å². The number of hydrogen-bond acceptors (Lipinski definition) is 3. The molecule has 0 bridgehead atoms. The van der Waals surface area contributed by atoms with Crippen LogP contribution in [0.15, 0.2) is 30.6 Å². The van der Waals surface area contributed by atoms with E-state index < -0.39 is 0 Å². The Hall–Kier alpha value is -1.81. The Morgan fingerprint density at radius 1 is 1.44 bits per heavy atom. The molecule has 1 atom stereocenters. The molecule has 1 heterocycles. The molecule has 2 aromatic rings. The summed E-state index contributed by atoms with van der Waals surface area (Å²) in [4.78, 5) is 0. The quantitative estimate of drug-likeness (QED) is 0.869. The SMILES string of the molecule is Cc1ccc(C(C)NCc2cnn(C)c2)c(O)c1. The lowest BCUT2D eigenvalue weighted by Gasteiger charge is -2.15. The first-order chi connectivity index (χ1) is 8.56. The smallest absolute Gasteiger partial charge is 0.120 e. The van der Waals surface area contributed by atoms with Gasteiger partial charge in [0.15, 0.2) is 0 Å². The van der Waals surface area contributed by atoms with Gasteiger partial charge in [-0.25, -0.2) is 0 Å². The number of aryl methyl sites for hydroxylation is 2. The number of hydrogen-bond donors (Lipinski definition) is 2. The molecule has 4 nitrogen and oxygen atoms in total. The molecule has 1 unspecified atom stereocenters. The summed E-state index contributed by atoms with van der Waals surface area (Å²) in [7, 11) is 1.90. The lowest BCUT2D eigenvalue weighted by Crippen LogP contribution is -2.17. The standard InChI is InChI=1S/C14H19N3O/c1-10-4-5-13(14(18)6-10)11(2)15-7-12-8-16-17(3)9-12/h4-6,8-9,11,15,18H,7H2,1-3H3. The molecule has 96 valence electrons. The minimum absolute atomic E-state index is 0.103. The Morgan fingerprint density at radius 3 is 2.83 bits per heavy atom. The summed E-state index contributed by atoms with van der Waals surface area (Å²) in [5.74, 6) is 0.348. The van der Waals surface area contributed by atoms with Crippen LogP contribution >= 0.6 is 0 Å². The fraction of sp³-hybridized carbons (Fsp3) is 0.357. The van der Waals surface area contributed by atoms with E-state index in [4.69, 9.17) is 0 Å². The molecule has 18 heavy (non-hydrogen) atoms. The van der Waals surface area contributed by atoms with Crippen LogP contribution in [0.5, 0.6) is 5.75 Å². The van der Waals surface area contributed by atoms with Gasteiger partial charge >= 0.3 is 0 Å². The van der Waals surface area contributed by atoms with Gasteiger partial charge in [0.25, 0.3) is 0 Å². The van der Waals surface area contributed by atoms with E-state index in [1.54, 1.807) is 10.7 Å². The van der Waals surface area contributed by atoms with Crippen LogP contribution in [0.2, 0.25) is 0 Å². The number of nitrogens with one attached hydrogen (secondary N) is 1. The lowest BCUT2D eigenvalue weighted by molar-refractivity contribution is 0.452. The number of benzene rings is 1. The zero-order chi connectivity index (χ0) is 13.1. The minimum Gasteiger partial charge on any atom is -0.508 e. The molecule has 0 radical (unpaired) electrons. The molecule has 2 N–H and O–H groups in total. The fourth-order valence-corrected chi connectivity index (χ4v) is 1.96. The molecule has 4 heteroatoms. The number of aromatic hydroxyl groups is 1. The average Bonchev–Trinajstić information content (AvgIpc) is 2.72. The lowest BCUT2D eigenvalue weighted by atomic mass is 10.0. The van der Waals surface area contributed by atoms with Gasteiger partial charge in [0.05, 0.1) is 6.20 Å². The second-order valence-electron chi connectivity index (χ2n) is 4.69. The van der Waals surface area contributed by atoms with Crippen LogP contribution in [0.1, 0.15) is 29.7 Å². The topological polar surface area (TPSA) is 50.1 Å². The van der Waals surface area contributed by atoms with Crippen LogP contribution in [0.3, 0.4) is 0 Å². The van der Waals surface area contributed by atoms with E-state index >= 15 is 0 Å². The second kappa shape index (κ2) is 5.23. The summed E-state index contributed by atoms with van der Waals surface area (Å²) < 4.78 is 1.78. The van der Waals surface area contributed by atoms with Crippen LogP contribution in [-0.2, 0) is 13.6 Å². The minimum atomic E-state index is 0.103. The van der Waals surface area contributed by atoms with Crippen molar-refractivity contribution in [2.75, 3.05) is 0 Å². The van der Waals surface area contributed by atoms with Gasteiger partial charge in [0.2, 0.25) is 0 Å².